The lowest BCUT2D eigenvalue weighted by Gasteiger charge is -2.14. The van der Waals surface area contributed by atoms with Gasteiger partial charge < -0.3 is 10.5 Å². The Morgan fingerprint density at radius 3 is 2.71 bits per heavy atom. The number of benzene rings is 3. The van der Waals surface area contributed by atoms with E-state index in [2.05, 4.69) is 5.32 Å². The van der Waals surface area contributed by atoms with Crippen molar-refractivity contribution in [3.8, 4) is 0 Å². The summed E-state index contributed by atoms with van der Waals surface area (Å²) < 4.78 is 4.95. The van der Waals surface area contributed by atoms with Gasteiger partial charge in [0.15, 0.2) is 0 Å². The van der Waals surface area contributed by atoms with Gasteiger partial charge in [0, 0.05) is 23.0 Å². The maximum atomic E-state index is 12.7. The minimum Gasteiger partial charge on any atom is -0.465 e. The molecule has 1 radical (unpaired) electrons. The number of esters is 1. The van der Waals surface area contributed by atoms with Crippen LogP contribution in [0.3, 0.4) is 0 Å². The lowest BCUT2D eigenvalue weighted by atomic mass is 9.93. The van der Waals surface area contributed by atoms with Crippen molar-refractivity contribution in [3.05, 3.63) is 80.7 Å². The highest BCUT2D eigenvalue weighted by Gasteiger charge is 2.21. The molecule has 0 atom stereocenters. The van der Waals surface area contributed by atoms with E-state index in [0.717, 1.165) is 16.2 Å². The molecule has 5 nitrogen and oxygen atoms in total. The molecule has 4 rings (SSSR count). The van der Waals surface area contributed by atoms with Crippen LogP contribution in [0.1, 0.15) is 21.5 Å². The van der Waals surface area contributed by atoms with Gasteiger partial charge in [-0.15, -0.1) is 0 Å². The molecule has 3 aromatic rings. The number of carbonyl (C=O) groups excluding carboxylic acids is 2. The van der Waals surface area contributed by atoms with Gasteiger partial charge >= 0.3 is 5.97 Å². The number of ether oxygens (including phenoxy) is 1. The molecule has 6 heteroatoms. The van der Waals surface area contributed by atoms with Gasteiger partial charge in [-0.3, -0.25) is 4.79 Å². The molecule has 0 unspecified atom stereocenters. The summed E-state index contributed by atoms with van der Waals surface area (Å²) in [5.41, 5.74) is 8.12. The SMILES string of the molecule is COC(=O)c1cc2c(c3cc(Cl)ccc13)=C[N]C(=O)C=2c1cccc(CN)c1. The average Bonchev–Trinajstić information content (AvgIpc) is 2.72. The van der Waals surface area contributed by atoms with Crippen molar-refractivity contribution in [2.75, 3.05) is 7.11 Å². The Kier molecular flexibility index (Phi) is 4.63. The van der Waals surface area contributed by atoms with E-state index < -0.39 is 5.97 Å². The van der Waals surface area contributed by atoms with Crippen molar-refractivity contribution in [1.29, 1.82) is 0 Å². The van der Waals surface area contributed by atoms with Gasteiger partial charge in [0.25, 0.3) is 5.91 Å². The smallest absolute Gasteiger partial charge is 0.338 e. The normalized spacial score (nSPS) is 13.0. The van der Waals surface area contributed by atoms with E-state index in [0.29, 0.717) is 38.9 Å². The van der Waals surface area contributed by atoms with Gasteiger partial charge in [0.2, 0.25) is 0 Å². The molecular weight excluding hydrogens is 376 g/mol. The Labute approximate surface area is 166 Å². The molecule has 1 aliphatic rings. The molecule has 1 aliphatic heterocycles. The third-order valence-electron chi connectivity index (χ3n) is 4.79. The summed E-state index contributed by atoms with van der Waals surface area (Å²) in [4.78, 5) is 25.1. The zero-order valence-electron chi connectivity index (χ0n) is 15.0. The Morgan fingerprint density at radius 1 is 1.14 bits per heavy atom. The van der Waals surface area contributed by atoms with Crippen molar-refractivity contribution in [3.63, 3.8) is 0 Å². The van der Waals surface area contributed by atoms with Crippen LogP contribution in [0.5, 0.6) is 0 Å². The third-order valence-corrected chi connectivity index (χ3v) is 5.03. The molecule has 1 heterocycles. The highest BCUT2D eigenvalue weighted by molar-refractivity contribution is 6.31. The van der Waals surface area contributed by atoms with E-state index in [-0.39, 0.29) is 5.91 Å². The highest BCUT2D eigenvalue weighted by Crippen LogP contribution is 2.22. The molecule has 0 aliphatic carbocycles. The van der Waals surface area contributed by atoms with Crippen molar-refractivity contribution in [2.24, 2.45) is 5.73 Å². The maximum Gasteiger partial charge on any atom is 0.338 e. The van der Waals surface area contributed by atoms with Gasteiger partial charge in [-0.1, -0.05) is 35.9 Å². The van der Waals surface area contributed by atoms with Crippen LogP contribution in [-0.2, 0) is 16.1 Å². The fraction of sp³-hybridized carbons (Fsp3) is 0.0909. The molecule has 0 bridgehead atoms. The van der Waals surface area contributed by atoms with Crippen LogP contribution in [0, 0.1) is 0 Å². The number of halogens is 1. The van der Waals surface area contributed by atoms with Crippen molar-refractivity contribution < 1.29 is 14.3 Å². The number of amides is 1. The molecule has 2 N–H and O–H groups in total. The summed E-state index contributed by atoms with van der Waals surface area (Å²) in [6, 6.07) is 14.3. The van der Waals surface area contributed by atoms with Gasteiger partial charge in [0.05, 0.1) is 18.2 Å². The average molecular weight is 392 g/mol. The van der Waals surface area contributed by atoms with E-state index in [1.165, 1.54) is 13.3 Å². The predicted molar refractivity (Wildman–Crippen MR) is 108 cm³/mol. The van der Waals surface area contributed by atoms with Crippen LogP contribution in [0.15, 0.2) is 48.5 Å². The Balaban J connectivity index is 2.20. The second kappa shape index (κ2) is 7.11. The molecule has 0 spiro atoms. The molecular formula is C22H16ClN2O3. The molecule has 0 fully saturated rings. The first-order valence-corrected chi connectivity index (χ1v) is 9.01. The standard InChI is InChI=1S/C22H16ClN2O3/c1-28-22(27)18-9-17-19(16-8-14(23)5-6-15(16)18)11-25-21(26)20(17)13-4-2-3-12(7-13)10-24/h2-9,11H,10,24H2,1H3. The molecule has 3 aromatic carbocycles. The molecule has 0 saturated carbocycles. The summed E-state index contributed by atoms with van der Waals surface area (Å²) in [6.07, 6.45) is 1.52. The minimum atomic E-state index is -0.486. The number of methoxy groups -OCH3 is 1. The van der Waals surface area contributed by atoms with Crippen LogP contribution in [0.2, 0.25) is 5.02 Å². The summed E-state index contributed by atoms with van der Waals surface area (Å²) in [5.74, 6) is -0.862. The molecule has 139 valence electrons. The molecule has 0 saturated heterocycles. The lowest BCUT2D eigenvalue weighted by Crippen LogP contribution is -2.39. The van der Waals surface area contributed by atoms with Gasteiger partial charge in [-0.05, 0) is 51.4 Å². The first kappa shape index (κ1) is 18.2. The van der Waals surface area contributed by atoms with Crippen LogP contribution < -0.4 is 21.5 Å². The largest absolute Gasteiger partial charge is 0.465 e. The summed E-state index contributed by atoms with van der Waals surface area (Å²) >= 11 is 6.20. The van der Waals surface area contributed by atoms with Crippen LogP contribution in [0.4, 0.5) is 0 Å². The van der Waals surface area contributed by atoms with E-state index in [1.54, 1.807) is 24.3 Å². The van der Waals surface area contributed by atoms with Crippen molar-refractivity contribution >= 4 is 46.0 Å². The fourth-order valence-electron chi connectivity index (χ4n) is 3.48. The van der Waals surface area contributed by atoms with E-state index in [9.17, 15) is 9.59 Å². The monoisotopic (exact) mass is 391 g/mol. The number of nitrogens with zero attached hydrogens (tertiary/aromatic N) is 1. The number of hydrogen-bond donors (Lipinski definition) is 1. The number of nitrogens with two attached hydrogens (primary N) is 1. The fourth-order valence-corrected chi connectivity index (χ4v) is 3.65. The number of hydrogen-bond acceptors (Lipinski definition) is 4. The zero-order valence-corrected chi connectivity index (χ0v) is 15.8. The van der Waals surface area contributed by atoms with Crippen LogP contribution in [0.25, 0.3) is 22.5 Å². The summed E-state index contributed by atoms with van der Waals surface area (Å²) in [6.45, 7) is 0.353. The molecule has 28 heavy (non-hydrogen) atoms. The van der Waals surface area contributed by atoms with Crippen molar-refractivity contribution in [2.45, 2.75) is 6.54 Å². The van der Waals surface area contributed by atoms with Gasteiger partial charge in [-0.25, -0.2) is 10.1 Å². The zero-order chi connectivity index (χ0) is 19.8. The second-order valence-corrected chi connectivity index (χ2v) is 6.85. The summed E-state index contributed by atoms with van der Waals surface area (Å²) in [5, 5.41) is 7.36. The quantitative estimate of drug-likeness (QED) is 0.690. The Hall–Kier alpha value is -3.15. The number of carbonyl (C=O) groups is 2. The third kappa shape index (κ3) is 2.95. The van der Waals surface area contributed by atoms with Gasteiger partial charge in [-0.2, -0.15) is 0 Å². The van der Waals surface area contributed by atoms with E-state index in [4.69, 9.17) is 22.1 Å². The predicted octanol–water partition coefficient (Wildman–Crippen LogP) is 1.82. The number of rotatable bonds is 3. The lowest BCUT2D eigenvalue weighted by molar-refractivity contribution is -0.114. The van der Waals surface area contributed by atoms with Crippen LogP contribution >= 0.6 is 11.6 Å². The first-order valence-electron chi connectivity index (χ1n) is 8.63. The maximum absolute atomic E-state index is 12.7. The van der Waals surface area contributed by atoms with Crippen molar-refractivity contribution in [1.82, 2.24) is 5.32 Å². The molecule has 0 aromatic heterocycles. The Morgan fingerprint density at radius 2 is 1.96 bits per heavy atom. The highest BCUT2D eigenvalue weighted by atomic mass is 35.5. The minimum absolute atomic E-state index is 0.353. The second-order valence-electron chi connectivity index (χ2n) is 6.41. The Bertz CT molecular complexity index is 1260. The summed E-state index contributed by atoms with van der Waals surface area (Å²) in [7, 11) is 1.32. The van der Waals surface area contributed by atoms with Gasteiger partial charge in [0.1, 0.15) is 0 Å². The van der Waals surface area contributed by atoms with E-state index >= 15 is 0 Å². The topological polar surface area (TPSA) is 83.5 Å². The van der Waals surface area contributed by atoms with Crippen LogP contribution in [-0.4, -0.2) is 19.0 Å². The first-order chi connectivity index (χ1) is 13.5. The molecule has 1 amide bonds. The van der Waals surface area contributed by atoms with E-state index in [1.807, 2.05) is 24.3 Å². The number of fused-ring (bicyclic) bond motifs is 3.